The highest BCUT2D eigenvalue weighted by Crippen LogP contribution is 2.40. The first-order valence-corrected chi connectivity index (χ1v) is 6.18. The second-order valence-electron chi connectivity index (χ2n) is 4.87. The van der Waals surface area contributed by atoms with Crippen LogP contribution in [-0.4, -0.2) is 22.2 Å². The number of aromatic nitrogens is 2. The summed E-state index contributed by atoms with van der Waals surface area (Å²) in [4.78, 5) is 11.8. The lowest BCUT2D eigenvalue weighted by atomic mass is 10.2. The Morgan fingerprint density at radius 1 is 1.65 bits per heavy atom. The molecule has 1 aromatic heterocycles. The summed E-state index contributed by atoms with van der Waals surface area (Å²) in [6, 6.07) is 2.19. The molecule has 3 N–H and O–H groups in total. The van der Waals surface area contributed by atoms with E-state index in [9.17, 15) is 4.79 Å². The maximum absolute atomic E-state index is 11.8. The fourth-order valence-electron chi connectivity index (χ4n) is 1.87. The zero-order valence-corrected chi connectivity index (χ0v) is 10.4. The topological polar surface area (TPSA) is 72.9 Å². The summed E-state index contributed by atoms with van der Waals surface area (Å²) in [5, 5.41) is 7.17. The standard InChI is InChI=1S/C12H20N4O/c1-8(7-13)12(17)15-11-5-6-14-16(11)9(2)10-3-4-10/h5-6,8-10H,3-4,7,13H2,1-2H3,(H,15,17). The van der Waals surface area contributed by atoms with Crippen molar-refractivity contribution in [1.29, 1.82) is 0 Å². The van der Waals surface area contributed by atoms with Crippen molar-refractivity contribution in [2.24, 2.45) is 17.6 Å². The molecule has 0 saturated heterocycles. The average Bonchev–Trinajstić information content (AvgIpc) is 3.08. The Hall–Kier alpha value is -1.36. The molecule has 1 aliphatic carbocycles. The molecule has 2 atom stereocenters. The van der Waals surface area contributed by atoms with Crippen LogP contribution in [0.5, 0.6) is 0 Å². The second kappa shape index (κ2) is 4.87. The Bertz CT molecular complexity index is 397. The van der Waals surface area contributed by atoms with Gasteiger partial charge in [-0.15, -0.1) is 0 Å². The van der Waals surface area contributed by atoms with Crippen molar-refractivity contribution >= 4 is 11.7 Å². The van der Waals surface area contributed by atoms with Crippen LogP contribution in [0.1, 0.15) is 32.7 Å². The van der Waals surface area contributed by atoms with E-state index in [1.807, 2.05) is 17.7 Å². The van der Waals surface area contributed by atoms with Gasteiger partial charge >= 0.3 is 0 Å². The Kier molecular flexibility index (Phi) is 3.47. The summed E-state index contributed by atoms with van der Waals surface area (Å²) < 4.78 is 1.90. The van der Waals surface area contributed by atoms with Crippen LogP contribution in [0.2, 0.25) is 0 Å². The van der Waals surface area contributed by atoms with Crippen LogP contribution in [0.25, 0.3) is 0 Å². The van der Waals surface area contributed by atoms with Crippen LogP contribution in [0, 0.1) is 11.8 Å². The van der Waals surface area contributed by atoms with Crippen LogP contribution >= 0.6 is 0 Å². The number of carbonyl (C=O) groups is 1. The number of nitrogens with zero attached hydrogens (tertiary/aromatic N) is 2. The van der Waals surface area contributed by atoms with Gasteiger partial charge in [0.1, 0.15) is 5.82 Å². The smallest absolute Gasteiger partial charge is 0.229 e. The first-order chi connectivity index (χ1) is 8.13. The van der Waals surface area contributed by atoms with Crippen molar-refractivity contribution < 1.29 is 4.79 Å². The van der Waals surface area contributed by atoms with Crippen molar-refractivity contribution in [2.75, 3.05) is 11.9 Å². The van der Waals surface area contributed by atoms with E-state index in [-0.39, 0.29) is 11.8 Å². The molecule has 1 saturated carbocycles. The summed E-state index contributed by atoms with van der Waals surface area (Å²) >= 11 is 0. The quantitative estimate of drug-likeness (QED) is 0.811. The predicted octanol–water partition coefficient (Wildman–Crippen LogP) is 1.39. The number of anilines is 1. The normalized spacial score (nSPS) is 18.8. The highest BCUT2D eigenvalue weighted by Gasteiger charge is 2.30. The van der Waals surface area contributed by atoms with Crippen molar-refractivity contribution in [3.05, 3.63) is 12.3 Å². The number of amides is 1. The van der Waals surface area contributed by atoms with Crippen LogP contribution in [-0.2, 0) is 4.79 Å². The van der Waals surface area contributed by atoms with Gasteiger partial charge in [-0.05, 0) is 25.7 Å². The number of hydrogen-bond acceptors (Lipinski definition) is 3. The lowest BCUT2D eigenvalue weighted by molar-refractivity contribution is -0.119. The van der Waals surface area contributed by atoms with E-state index >= 15 is 0 Å². The molecule has 0 radical (unpaired) electrons. The molecule has 17 heavy (non-hydrogen) atoms. The van der Waals surface area contributed by atoms with Gasteiger partial charge in [-0.2, -0.15) is 5.10 Å². The second-order valence-corrected chi connectivity index (χ2v) is 4.87. The average molecular weight is 236 g/mol. The van der Waals surface area contributed by atoms with Crippen molar-refractivity contribution in [1.82, 2.24) is 9.78 Å². The van der Waals surface area contributed by atoms with E-state index < -0.39 is 0 Å². The van der Waals surface area contributed by atoms with E-state index in [2.05, 4.69) is 17.3 Å². The van der Waals surface area contributed by atoms with Crippen LogP contribution in [0.3, 0.4) is 0 Å². The molecule has 0 bridgehead atoms. The molecular weight excluding hydrogens is 216 g/mol. The SMILES string of the molecule is CC(CN)C(=O)Nc1ccnn1C(C)C1CC1. The molecule has 1 heterocycles. The molecular formula is C12H20N4O. The molecule has 5 nitrogen and oxygen atoms in total. The first-order valence-electron chi connectivity index (χ1n) is 6.18. The van der Waals surface area contributed by atoms with E-state index in [1.54, 1.807) is 6.20 Å². The van der Waals surface area contributed by atoms with Gasteiger partial charge in [0.15, 0.2) is 0 Å². The molecule has 0 spiro atoms. The lowest BCUT2D eigenvalue weighted by Gasteiger charge is -2.16. The zero-order chi connectivity index (χ0) is 12.4. The molecule has 1 aromatic rings. The van der Waals surface area contributed by atoms with Gasteiger partial charge in [0.05, 0.1) is 12.2 Å². The number of nitrogens with one attached hydrogen (secondary N) is 1. The molecule has 1 fully saturated rings. The largest absolute Gasteiger partial charge is 0.330 e. The highest BCUT2D eigenvalue weighted by molar-refractivity contribution is 5.91. The maximum atomic E-state index is 11.8. The lowest BCUT2D eigenvalue weighted by Crippen LogP contribution is -2.28. The molecule has 2 rings (SSSR count). The summed E-state index contributed by atoms with van der Waals surface area (Å²) in [5.74, 6) is 1.26. The minimum atomic E-state index is -0.172. The Labute approximate surface area is 101 Å². The zero-order valence-electron chi connectivity index (χ0n) is 10.4. The van der Waals surface area contributed by atoms with Crippen LogP contribution in [0.4, 0.5) is 5.82 Å². The van der Waals surface area contributed by atoms with Gasteiger partial charge in [-0.25, -0.2) is 4.68 Å². The Morgan fingerprint density at radius 2 is 2.35 bits per heavy atom. The summed E-state index contributed by atoms with van der Waals surface area (Å²) in [7, 11) is 0. The maximum Gasteiger partial charge on any atom is 0.229 e. The van der Waals surface area contributed by atoms with Gasteiger partial charge in [-0.3, -0.25) is 4.79 Å². The molecule has 0 aliphatic heterocycles. The predicted molar refractivity (Wildman–Crippen MR) is 66.5 cm³/mol. The van der Waals surface area contributed by atoms with Crippen molar-refractivity contribution in [2.45, 2.75) is 32.7 Å². The monoisotopic (exact) mass is 236 g/mol. The van der Waals surface area contributed by atoms with Gasteiger partial charge < -0.3 is 11.1 Å². The van der Waals surface area contributed by atoms with Gasteiger partial charge in [0.25, 0.3) is 0 Å². The van der Waals surface area contributed by atoms with Gasteiger partial charge in [0.2, 0.25) is 5.91 Å². The van der Waals surface area contributed by atoms with Crippen molar-refractivity contribution in [3.63, 3.8) is 0 Å². The van der Waals surface area contributed by atoms with Gasteiger partial charge in [-0.1, -0.05) is 6.92 Å². The number of rotatable bonds is 5. The molecule has 2 unspecified atom stereocenters. The van der Waals surface area contributed by atoms with Crippen LogP contribution < -0.4 is 11.1 Å². The highest BCUT2D eigenvalue weighted by atomic mass is 16.2. The number of nitrogens with two attached hydrogens (primary N) is 1. The third kappa shape index (κ3) is 2.66. The minimum absolute atomic E-state index is 0.0442. The molecule has 1 aliphatic rings. The summed E-state index contributed by atoms with van der Waals surface area (Å²) in [6.45, 7) is 4.32. The molecule has 94 valence electrons. The van der Waals surface area contributed by atoms with Crippen molar-refractivity contribution in [3.8, 4) is 0 Å². The van der Waals surface area contributed by atoms with E-state index in [0.717, 1.165) is 5.82 Å². The molecule has 5 heteroatoms. The first kappa shape index (κ1) is 12.1. The summed E-state index contributed by atoms with van der Waals surface area (Å²) in [6.07, 6.45) is 4.24. The molecule has 1 amide bonds. The van der Waals surface area contributed by atoms with Gasteiger partial charge in [0, 0.05) is 18.5 Å². The van der Waals surface area contributed by atoms with E-state index in [0.29, 0.717) is 18.5 Å². The third-order valence-corrected chi connectivity index (χ3v) is 3.41. The summed E-state index contributed by atoms with van der Waals surface area (Å²) in [5.41, 5.74) is 5.47. The number of hydrogen-bond donors (Lipinski definition) is 2. The Balaban J connectivity index is 2.05. The van der Waals surface area contributed by atoms with E-state index in [1.165, 1.54) is 12.8 Å². The number of carbonyl (C=O) groups excluding carboxylic acids is 1. The Morgan fingerprint density at radius 3 is 2.94 bits per heavy atom. The fraction of sp³-hybridized carbons (Fsp3) is 0.667. The van der Waals surface area contributed by atoms with E-state index in [4.69, 9.17) is 5.73 Å². The fourth-order valence-corrected chi connectivity index (χ4v) is 1.87. The van der Waals surface area contributed by atoms with Crippen LogP contribution in [0.15, 0.2) is 12.3 Å². The molecule has 0 aromatic carbocycles. The minimum Gasteiger partial charge on any atom is -0.330 e. The third-order valence-electron chi connectivity index (χ3n) is 3.41.